The van der Waals surface area contributed by atoms with E-state index in [0.29, 0.717) is 36.3 Å². The van der Waals surface area contributed by atoms with E-state index in [9.17, 15) is 0 Å². The zero-order chi connectivity index (χ0) is 21.3. The van der Waals surface area contributed by atoms with Crippen LogP contribution in [0.4, 0.5) is 11.6 Å². The predicted octanol–water partition coefficient (Wildman–Crippen LogP) is 3.59. The second-order valence-electron chi connectivity index (χ2n) is 7.18. The van der Waals surface area contributed by atoms with E-state index >= 15 is 0 Å². The first kappa shape index (κ1) is 20.0. The Morgan fingerprint density at radius 3 is 2.40 bits per heavy atom. The molecule has 1 aliphatic rings. The number of fused-ring (bicyclic) bond motifs is 1. The van der Waals surface area contributed by atoms with E-state index in [0.717, 1.165) is 28.6 Å². The Labute approximate surface area is 175 Å². The fraction of sp³-hybridized carbons (Fsp3) is 0.381. The maximum atomic E-state index is 5.57. The molecule has 0 amide bonds. The lowest BCUT2D eigenvalue weighted by Crippen LogP contribution is -2.07. The van der Waals surface area contributed by atoms with Gasteiger partial charge in [0.15, 0.2) is 11.5 Å². The Kier molecular flexibility index (Phi) is 5.45. The lowest BCUT2D eigenvalue weighted by Gasteiger charge is -2.14. The minimum Gasteiger partial charge on any atom is -0.493 e. The summed E-state index contributed by atoms with van der Waals surface area (Å²) in [6.07, 6.45) is 3.59. The standard InChI is InChI=1S/C21H25N5O4/c1-12(2)20-23-15-10-30-9-14(15)21(25-20)24-18-8-26(11-22-18)13-6-16(27-3)19(29-5)17(7-13)28-4/h6-8,11-12H,9-10H2,1-5H3,(H,23,24,25). The molecule has 3 heterocycles. The zero-order valence-electron chi connectivity index (χ0n) is 17.7. The lowest BCUT2D eigenvalue weighted by molar-refractivity contribution is 0.133. The smallest absolute Gasteiger partial charge is 0.203 e. The van der Waals surface area contributed by atoms with Crippen LogP contribution in [0.3, 0.4) is 0 Å². The molecule has 0 aliphatic carbocycles. The Morgan fingerprint density at radius 2 is 1.77 bits per heavy atom. The highest BCUT2D eigenvalue weighted by molar-refractivity contribution is 5.60. The third kappa shape index (κ3) is 3.63. The van der Waals surface area contributed by atoms with Gasteiger partial charge in [0.2, 0.25) is 5.75 Å². The van der Waals surface area contributed by atoms with Crippen molar-refractivity contribution in [1.29, 1.82) is 0 Å². The summed E-state index contributed by atoms with van der Waals surface area (Å²) in [6.45, 7) is 5.14. The van der Waals surface area contributed by atoms with Crippen molar-refractivity contribution in [2.75, 3.05) is 26.6 Å². The van der Waals surface area contributed by atoms with E-state index in [1.807, 2.05) is 22.9 Å². The molecule has 2 aromatic heterocycles. The molecule has 0 saturated carbocycles. The van der Waals surface area contributed by atoms with E-state index in [1.165, 1.54) is 0 Å². The van der Waals surface area contributed by atoms with Crippen LogP contribution in [-0.4, -0.2) is 40.8 Å². The molecule has 0 atom stereocenters. The number of ether oxygens (including phenoxy) is 4. The summed E-state index contributed by atoms with van der Waals surface area (Å²) in [7, 11) is 4.76. The number of nitrogens with zero attached hydrogens (tertiary/aromatic N) is 4. The third-order valence-electron chi connectivity index (χ3n) is 4.89. The first-order valence-corrected chi connectivity index (χ1v) is 9.62. The average molecular weight is 411 g/mol. The van der Waals surface area contributed by atoms with Gasteiger partial charge in [-0.2, -0.15) is 0 Å². The topological polar surface area (TPSA) is 92.6 Å². The van der Waals surface area contributed by atoms with Crippen molar-refractivity contribution in [2.24, 2.45) is 0 Å². The van der Waals surface area contributed by atoms with E-state index in [2.05, 4.69) is 29.1 Å². The van der Waals surface area contributed by atoms with Crippen LogP contribution in [-0.2, 0) is 18.0 Å². The summed E-state index contributed by atoms with van der Waals surface area (Å²) in [5.74, 6) is 4.08. The maximum Gasteiger partial charge on any atom is 0.203 e. The van der Waals surface area contributed by atoms with Crippen molar-refractivity contribution in [3.63, 3.8) is 0 Å². The molecule has 1 N–H and O–H groups in total. The quantitative estimate of drug-likeness (QED) is 0.631. The van der Waals surface area contributed by atoms with Crippen molar-refractivity contribution in [3.8, 4) is 22.9 Å². The molecule has 3 aromatic rings. The second-order valence-corrected chi connectivity index (χ2v) is 7.18. The third-order valence-corrected chi connectivity index (χ3v) is 4.89. The Morgan fingerprint density at radius 1 is 1.03 bits per heavy atom. The molecule has 4 rings (SSSR count). The molecule has 0 unspecified atom stereocenters. The number of aromatic nitrogens is 4. The average Bonchev–Trinajstić information content (AvgIpc) is 3.42. The van der Waals surface area contributed by atoms with Gasteiger partial charge < -0.3 is 28.8 Å². The van der Waals surface area contributed by atoms with Crippen molar-refractivity contribution < 1.29 is 18.9 Å². The number of nitrogens with one attached hydrogen (secondary N) is 1. The summed E-state index contributed by atoms with van der Waals surface area (Å²) in [4.78, 5) is 13.8. The lowest BCUT2D eigenvalue weighted by atomic mass is 10.2. The monoisotopic (exact) mass is 411 g/mol. The summed E-state index contributed by atoms with van der Waals surface area (Å²) in [5.41, 5.74) is 2.73. The first-order chi connectivity index (χ1) is 14.5. The minimum atomic E-state index is 0.216. The number of rotatable bonds is 7. The van der Waals surface area contributed by atoms with Gasteiger partial charge in [-0.05, 0) is 0 Å². The SMILES string of the molecule is COc1cc(-n2cnc(Nc3nc(C(C)C)nc4c3COC4)c2)cc(OC)c1OC. The molecule has 1 aliphatic heterocycles. The molecule has 0 bridgehead atoms. The fourth-order valence-corrected chi connectivity index (χ4v) is 3.30. The number of imidazole rings is 1. The molecular weight excluding hydrogens is 386 g/mol. The summed E-state index contributed by atoms with van der Waals surface area (Å²) in [6, 6.07) is 3.72. The molecule has 0 saturated heterocycles. The van der Waals surface area contributed by atoms with Gasteiger partial charge in [-0.1, -0.05) is 13.8 Å². The molecule has 0 fully saturated rings. The van der Waals surface area contributed by atoms with Gasteiger partial charge >= 0.3 is 0 Å². The summed E-state index contributed by atoms with van der Waals surface area (Å²) >= 11 is 0. The number of anilines is 2. The molecular formula is C21H25N5O4. The predicted molar refractivity (Wildman–Crippen MR) is 111 cm³/mol. The van der Waals surface area contributed by atoms with Crippen molar-refractivity contribution in [1.82, 2.24) is 19.5 Å². The Hall–Kier alpha value is -3.33. The van der Waals surface area contributed by atoms with Crippen molar-refractivity contribution in [2.45, 2.75) is 33.0 Å². The summed E-state index contributed by atoms with van der Waals surface area (Å²) < 4.78 is 23.7. The first-order valence-electron chi connectivity index (χ1n) is 9.62. The van der Waals surface area contributed by atoms with Crippen molar-refractivity contribution in [3.05, 3.63) is 41.7 Å². The van der Waals surface area contributed by atoms with E-state index < -0.39 is 0 Å². The van der Waals surface area contributed by atoms with Gasteiger partial charge in [0.05, 0.1) is 52.1 Å². The van der Waals surface area contributed by atoms with Gasteiger partial charge in [-0.15, -0.1) is 0 Å². The maximum absolute atomic E-state index is 5.57. The normalized spacial score (nSPS) is 12.7. The van der Waals surface area contributed by atoms with Crippen LogP contribution in [0, 0.1) is 0 Å². The summed E-state index contributed by atoms with van der Waals surface area (Å²) in [5, 5.41) is 3.32. The zero-order valence-corrected chi connectivity index (χ0v) is 17.7. The number of benzene rings is 1. The molecule has 158 valence electrons. The van der Waals surface area contributed by atoms with Crippen LogP contribution < -0.4 is 19.5 Å². The second kappa shape index (κ2) is 8.19. The van der Waals surface area contributed by atoms with Gasteiger partial charge in [-0.3, -0.25) is 0 Å². The number of hydrogen-bond donors (Lipinski definition) is 1. The number of methoxy groups -OCH3 is 3. The van der Waals surface area contributed by atoms with Gasteiger partial charge in [0.25, 0.3) is 0 Å². The molecule has 9 nitrogen and oxygen atoms in total. The molecule has 1 aromatic carbocycles. The van der Waals surface area contributed by atoms with E-state index in [-0.39, 0.29) is 5.92 Å². The highest BCUT2D eigenvalue weighted by atomic mass is 16.5. The van der Waals surface area contributed by atoms with Gasteiger partial charge in [0.1, 0.15) is 23.8 Å². The molecule has 9 heteroatoms. The van der Waals surface area contributed by atoms with E-state index in [1.54, 1.807) is 27.7 Å². The highest BCUT2D eigenvalue weighted by Gasteiger charge is 2.22. The van der Waals surface area contributed by atoms with Crippen LogP contribution in [0.2, 0.25) is 0 Å². The molecule has 0 radical (unpaired) electrons. The minimum absolute atomic E-state index is 0.216. The highest BCUT2D eigenvalue weighted by Crippen LogP contribution is 2.39. The van der Waals surface area contributed by atoms with Crippen LogP contribution in [0.25, 0.3) is 5.69 Å². The Bertz CT molecular complexity index is 1040. The van der Waals surface area contributed by atoms with Crippen LogP contribution >= 0.6 is 0 Å². The Balaban J connectivity index is 1.67. The fourth-order valence-electron chi connectivity index (χ4n) is 3.30. The van der Waals surface area contributed by atoms with Crippen LogP contribution in [0.5, 0.6) is 17.2 Å². The molecule has 0 spiro atoms. The van der Waals surface area contributed by atoms with Gasteiger partial charge in [-0.25, -0.2) is 15.0 Å². The van der Waals surface area contributed by atoms with Crippen LogP contribution in [0.15, 0.2) is 24.7 Å². The molecule has 30 heavy (non-hydrogen) atoms. The number of hydrogen-bond acceptors (Lipinski definition) is 8. The van der Waals surface area contributed by atoms with Crippen LogP contribution in [0.1, 0.15) is 36.8 Å². The van der Waals surface area contributed by atoms with Crippen molar-refractivity contribution >= 4 is 11.6 Å². The largest absolute Gasteiger partial charge is 0.493 e. The van der Waals surface area contributed by atoms with E-state index in [4.69, 9.17) is 23.9 Å². The van der Waals surface area contributed by atoms with Gasteiger partial charge in [0, 0.05) is 23.6 Å².